The molecule has 0 aliphatic rings. The van der Waals surface area contributed by atoms with E-state index in [0.717, 1.165) is 5.69 Å². The zero-order valence-electron chi connectivity index (χ0n) is 15.5. The predicted molar refractivity (Wildman–Crippen MR) is 111 cm³/mol. The fraction of sp³-hybridized carbons (Fsp3) is 0. The number of aromatic nitrogens is 3. The van der Waals surface area contributed by atoms with E-state index in [-0.39, 0.29) is 17.3 Å². The van der Waals surface area contributed by atoms with Gasteiger partial charge < -0.3 is 0 Å². The molecule has 5 heteroatoms. The van der Waals surface area contributed by atoms with Crippen molar-refractivity contribution in [1.82, 2.24) is 14.8 Å². The molecule has 0 spiro atoms. The van der Waals surface area contributed by atoms with Crippen LogP contribution in [0.3, 0.4) is 0 Å². The number of hydrogen-bond donors (Lipinski definition) is 0. The Morgan fingerprint density at radius 1 is 0.828 bits per heavy atom. The summed E-state index contributed by atoms with van der Waals surface area (Å²) in [7, 11) is 0. The van der Waals surface area contributed by atoms with E-state index >= 15 is 0 Å². The highest BCUT2D eigenvalue weighted by molar-refractivity contribution is 6.11. The predicted octanol–water partition coefficient (Wildman–Crippen LogP) is 4.39. The van der Waals surface area contributed by atoms with Crippen LogP contribution in [0.15, 0.2) is 97.5 Å². The lowest BCUT2D eigenvalue weighted by Crippen LogP contribution is -2.05. The second kappa shape index (κ2) is 8.27. The molecule has 4 rings (SSSR count). The lowest BCUT2D eigenvalue weighted by molar-refractivity contribution is 0.102. The average molecular weight is 379 g/mol. The molecular formula is C24H17N3O2. The summed E-state index contributed by atoms with van der Waals surface area (Å²) in [5.74, 6) is -0.391. The van der Waals surface area contributed by atoms with Crippen molar-refractivity contribution in [2.24, 2.45) is 0 Å². The summed E-state index contributed by atoms with van der Waals surface area (Å²) in [6.07, 6.45) is 7.93. The molecule has 2 heterocycles. The smallest absolute Gasteiger partial charge is 0.213 e. The minimum atomic E-state index is -0.200. The van der Waals surface area contributed by atoms with Gasteiger partial charge in [0, 0.05) is 35.3 Å². The van der Waals surface area contributed by atoms with E-state index in [1.807, 2.05) is 48.5 Å². The van der Waals surface area contributed by atoms with Gasteiger partial charge in [-0.05, 0) is 36.4 Å². The Morgan fingerprint density at radius 2 is 1.52 bits per heavy atom. The summed E-state index contributed by atoms with van der Waals surface area (Å²) in [5.41, 5.74) is 2.71. The van der Waals surface area contributed by atoms with Crippen LogP contribution in [-0.4, -0.2) is 26.3 Å². The van der Waals surface area contributed by atoms with Gasteiger partial charge >= 0.3 is 0 Å². The molecular weight excluding hydrogens is 362 g/mol. The molecule has 0 aliphatic heterocycles. The van der Waals surface area contributed by atoms with Gasteiger partial charge in [-0.2, -0.15) is 5.10 Å². The Balaban J connectivity index is 1.73. The summed E-state index contributed by atoms with van der Waals surface area (Å²) < 4.78 is 1.64. The number of para-hydroxylation sites is 1. The van der Waals surface area contributed by atoms with Gasteiger partial charge in [0.15, 0.2) is 5.78 Å². The highest BCUT2D eigenvalue weighted by atomic mass is 16.1. The molecule has 4 aromatic rings. The van der Waals surface area contributed by atoms with Crippen LogP contribution in [0.25, 0.3) is 11.8 Å². The van der Waals surface area contributed by atoms with Crippen LogP contribution in [0, 0.1) is 0 Å². The number of nitrogens with zero attached hydrogens (tertiary/aromatic N) is 3. The van der Waals surface area contributed by atoms with Crippen LogP contribution in [0.4, 0.5) is 0 Å². The number of pyridine rings is 1. The molecule has 140 valence electrons. The van der Waals surface area contributed by atoms with Crippen molar-refractivity contribution < 1.29 is 9.59 Å². The number of carbonyl (C=O) groups excluding carboxylic acids is 2. The summed E-state index contributed by atoms with van der Waals surface area (Å²) in [4.78, 5) is 29.4. The van der Waals surface area contributed by atoms with Crippen molar-refractivity contribution in [3.05, 3.63) is 120 Å². The van der Waals surface area contributed by atoms with Crippen LogP contribution < -0.4 is 0 Å². The number of benzene rings is 2. The summed E-state index contributed by atoms with van der Waals surface area (Å²) in [5, 5.41) is 4.50. The minimum absolute atomic E-state index is 0.191. The molecule has 0 bridgehead atoms. The Bertz CT molecular complexity index is 1160. The van der Waals surface area contributed by atoms with Crippen LogP contribution >= 0.6 is 0 Å². The fourth-order valence-electron chi connectivity index (χ4n) is 2.90. The van der Waals surface area contributed by atoms with Gasteiger partial charge in [0.1, 0.15) is 5.69 Å². The van der Waals surface area contributed by atoms with Crippen LogP contribution in [0.2, 0.25) is 0 Å². The van der Waals surface area contributed by atoms with E-state index in [4.69, 9.17) is 0 Å². The Hall–Kier alpha value is -4.12. The molecule has 0 radical (unpaired) electrons. The summed E-state index contributed by atoms with van der Waals surface area (Å²) in [6.45, 7) is 0. The zero-order valence-corrected chi connectivity index (χ0v) is 15.5. The first-order chi connectivity index (χ1) is 14.2. The molecule has 0 atom stereocenters. The molecule has 0 saturated carbocycles. The van der Waals surface area contributed by atoms with Crippen molar-refractivity contribution in [2.45, 2.75) is 0 Å². The van der Waals surface area contributed by atoms with Crippen molar-refractivity contribution in [1.29, 1.82) is 0 Å². The van der Waals surface area contributed by atoms with Gasteiger partial charge in [-0.25, -0.2) is 4.68 Å². The van der Waals surface area contributed by atoms with Crippen molar-refractivity contribution in [3.8, 4) is 5.69 Å². The standard InChI is InChI=1S/C24H17N3O2/c28-22(19-10-7-15-25-16-19)14-13-20-17-27(21-11-5-2-6-12-21)26-23(20)24(29)18-8-3-1-4-9-18/h1-17H/b14-13+. The maximum absolute atomic E-state index is 13.0. The third-order valence-corrected chi connectivity index (χ3v) is 4.37. The molecule has 29 heavy (non-hydrogen) atoms. The van der Waals surface area contributed by atoms with Crippen LogP contribution in [-0.2, 0) is 0 Å². The molecule has 0 amide bonds. The van der Waals surface area contributed by atoms with Crippen LogP contribution in [0.5, 0.6) is 0 Å². The Morgan fingerprint density at radius 3 is 2.21 bits per heavy atom. The first kappa shape index (κ1) is 18.3. The van der Waals surface area contributed by atoms with Crippen molar-refractivity contribution in [3.63, 3.8) is 0 Å². The van der Waals surface area contributed by atoms with E-state index in [9.17, 15) is 9.59 Å². The molecule has 2 aromatic carbocycles. The monoisotopic (exact) mass is 379 g/mol. The van der Waals surface area contributed by atoms with Crippen molar-refractivity contribution >= 4 is 17.6 Å². The number of allylic oxidation sites excluding steroid dienone is 1. The van der Waals surface area contributed by atoms with Gasteiger partial charge in [-0.15, -0.1) is 0 Å². The quantitative estimate of drug-likeness (QED) is 0.368. The summed E-state index contributed by atoms with van der Waals surface area (Å²) in [6, 6.07) is 21.9. The molecule has 5 nitrogen and oxygen atoms in total. The maximum Gasteiger partial charge on any atom is 0.213 e. The van der Waals surface area contributed by atoms with Crippen molar-refractivity contribution in [2.75, 3.05) is 0 Å². The highest BCUT2D eigenvalue weighted by Gasteiger charge is 2.18. The van der Waals surface area contributed by atoms with Gasteiger partial charge in [-0.3, -0.25) is 14.6 Å². The molecule has 2 aromatic heterocycles. The number of ketones is 2. The third-order valence-electron chi connectivity index (χ3n) is 4.37. The topological polar surface area (TPSA) is 64.8 Å². The average Bonchev–Trinajstić information content (AvgIpc) is 3.23. The van der Waals surface area contributed by atoms with E-state index in [2.05, 4.69) is 10.1 Å². The van der Waals surface area contributed by atoms with Gasteiger partial charge in [0.25, 0.3) is 0 Å². The Kier molecular flexibility index (Phi) is 5.21. The molecule has 0 fully saturated rings. The zero-order chi connectivity index (χ0) is 20.1. The fourth-order valence-corrected chi connectivity index (χ4v) is 2.90. The molecule has 0 N–H and O–H groups in total. The molecule has 0 unspecified atom stereocenters. The SMILES string of the molecule is O=C(/C=C/c1cn(-c2ccccc2)nc1C(=O)c1ccccc1)c1cccnc1. The van der Waals surface area contributed by atoms with Gasteiger partial charge in [0.2, 0.25) is 5.78 Å². The lowest BCUT2D eigenvalue weighted by atomic mass is 10.0. The second-order valence-corrected chi connectivity index (χ2v) is 6.35. The first-order valence-electron chi connectivity index (χ1n) is 9.09. The van der Waals surface area contributed by atoms with Crippen LogP contribution in [0.1, 0.15) is 32.0 Å². The normalized spacial score (nSPS) is 10.9. The Labute approximate surface area is 168 Å². The molecule has 0 saturated heterocycles. The minimum Gasteiger partial charge on any atom is -0.289 e. The third kappa shape index (κ3) is 4.09. The van der Waals surface area contributed by atoms with Gasteiger partial charge in [0.05, 0.1) is 5.69 Å². The second-order valence-electron chi connectivity index (χ2n) is 6.35. The number of hydrogen-bond acceptors (Lipinski definition) is 4. The van der Waals surface area contributed by atoms with E-state index in [1.54, 1.807) is 47.4 Å². The first-order valence-corrected chi connectivity index (χ1v) is 9.09. The largest absolute Gasteiger partial charge is 0.289 e. The number of carbonyl (C=O) groups is 2. The maximum atomic E-state index is 13.0. The van der Waals surface area contributed by atoms with E-state index < -0.39 is 0 Å². The molecule has 0 aliphatic carbocycles. The summed E-state index contributed by atoms with van der Waals surface area (Å²) >= 11 is 0. The van der Waals surface area contributed by atoms with E-state index in [1.165, 1.54) is 12.3 Å². The van der Waals surface area contributed by atoms with Gasteiger partial charge in [-0.1, -0.05) is 48.5 Å². The number of rotatable bonds is 6. The van der Waals surface area contributed by atoms with E-state index in [0.29, 0.717) is 16.7 Å². The highest BCUT2D eigenvalue weighted by Crippen LogP contribution is 2.18. The lowest BCUT2D eigenvalue weighted by Gasteiger charge is -2.00.